The average molecular weight is 289 g/mol. The second-order valence-electron chi connectivity index (χ2n) is 5.31. The second-order valence-corrected chi connectivity index (χ2v) is 5.31. The number of hydrogen-bond donors (Lipinski definition) is 3. The van der Waals surface area contributed by atoms with Gasteiger partial charge in [0, 0.05) is 18.8 Å². The van der Waals surface area contributed by atoms with Crippen LogP contribution in [0.4, 0.5) is 5.69 Å². The third kappa shape index (κ3) is 4.77. The fourth-order valence-corrected chi connectivity index (χ4v) is 2.44. The summed E-state index contributed by atoms with van der Waals surface area (Å²) in [4.78, 5) is 23.4. The van der Waals surface area contributed by atoms with Crippen LogP contribution < -0.4 is 16.0 Å². The highest BCUT2D eigenvalue weighted by atomic mass is 16.2. The number of carbonyl (C=O) groups excluding carboxylic acids is 2. The molecule has 1 fully saturated rings. The Morgan fingerprint density at radius 1 is 1.29 bits per heavy atom. The van der Waals surface area contributed by atoms with Crippen molar-refractivity contribution in [3.05, 3.63) is 29.8 Å². The summed E-state index contributed by atoms with van der Waals surface area (Å²) in [5, 5.41) is 8.96. The van der Waals surface area contributed by atoms with E-state index in [1.807, 2.05) is 31.2 Å². The summed E-state index contributed by atoms with van der Waals surface area (Å²) in [5.41, 5.74) is 1.88. The first-order chi connectivity index (χ1) is 10.2. The molecule has 1 aliphatic rings. The molecule has 1 atom stereocenters. The molecule has 2 amide bonds. The van der Waals surface area contributed by atoms with Gasteiger partial charge in [-0.15, -0.1) is 0 Å². The van der Waals surface area contributed by atoms with Crippen molar-refractivity contribution in [3.8, 4) is 0 Å². The van der Waals surface area contributed by atoms with Gasteiger partial charge in [-0.2, -0.15) is 0 Å². The van der Waals surface area contributed by atoms with Crippen molar-refractivity contribution in [1.82, 2.24) is 10.6 Å². The minimum Gasteiger partial charge on any atom is -0.374 e. The highest BCUT2D eigenvalue weighted by molar-refractivity contribution is 5.84. The fraction of sp³-hybridized carbons (Fsp3) is 0.500. The van der Waals surface area contributed by atoms with Crippen molar-refractivity contribution in [1.29, 1.82) is 0 Å². The Bertz CT molecular complexity index is 485. The number of nitrogens with one attached hydrogen (secondary N) is 3. The Kier molecular flexibility index (Phi) is 5.60. The van der Waals surface area contributed by atoms with E-state index in [0.29, 0.717) is 13.0 Å². The third-order valence-corrected chi connectivity index (χ3v) is 3.57. The molecular weight excluding hydrogens is 266 g/mol. The van der Waals surface area contributed by atoms with Crippen LogP contribution in [0.3, 0.4) is 0 Å². The summed E-state index contributed by atoms with van der Waals surface area (Å²) < 4.78 is 0. The zero-order valence-corrected chi connectivity index (χ0v) is 12.4. The van der Waals surface area contributed by atoms with Crippen LogP contribution in [-0.2, 0) is 16.0 Å². The molecule has 0 saturated carbocycles. The molecule has 0 aliphatic carbocycles. The van der Waals surface area contributed by atoms with E-state index >= 15 is 0 Å². The first kappa shape index (κ1) is 15.4. The maximum absolute atomic E-state index is 11.9. The van der Waals surface area contributed by atoms with Crippen LogP contribution >= 0.6 is 0 Å². The Morgan fingerprint density at radius 2 is 2.05 bits per heavy atom. The van der Waals surface area contributed by atoms with Crippen molar-refractivity contribution in [2.24, 2.45) is 0 Å². The number of rotatable bonds is 5. The van der Waals surface area contributed by atoms with Gasteiger partial charge in [0.25, 0.3) is 0 Å². The monoisotopic (exact) mass is 289 g/mol. The number of anilines is 1. The van der Waals surface area contributed by atoms with Crippen LogP contribution in [-0.4, -0.2) is 30.9 Å². The highest BCUT2D eigenvalue weighted by Crippen LogP contribution is 2.15. The molecule has 0 bridgehead atoms. The van der Waals surface area contributed by atoms with Crippen LogP contribution in [0, 0.1) is 0 Å². The molecule has 1 aromatic rings. The minimum atomic E-state index is -0.165. The summed E-state index contributed by atoms with van der Waals surface area (Å²) in [6, 6.07) is 7.53. The predicted octanol–water partition coefficient (Wildman–Crippen LogP) is 1.45. The van der Waals surface area contributed by atoms with Crippen molar-refractivity contribution in [2.45, 2.75) is 38.6 Å². The molecule has 0 aromatic heterocycles. The molecule has 1 aliphatic heterocycles. The largest absolute Gasteiger partial charge is 0.374 e. The van der Waals surface area contributed by atoms with E-state index in [-0.39, 0.29) is 17.9 Å². The standard InChI is InChI=1S/C16H23N3O2/c1-2-17-15(20)11-12-6-8-13(9-7-12)19-14-5-3-4-10-18-16(14)21/h6-9,14,19H,2-5,10-11H2,1H3,(H,17,20)(H,18,21)/t14-/m1/s1. The lowest BCUT2D eigenvalue weighted by Gasteiger charge is -2.16. The number of benzene rings is 1. The van der Waals surface area contributed by atoms with E-state index in [9.17, 15) is 9.59 Å². The minimum absolute atomic E-state index is 0.0290. The predicted molar refractivity (Wildman–Crippen MR) is 83.1 cm³/mol. The highest BCUT2D eigenvalue weighted by Gasteiger charge is 2.19. The lowest BCUT2D eigenvalue weighted by molar-refractivity contribution is -0.121. The van der Waals surface area contributed by atoms with Crippen molar-refractivity contribution < 1.29 is 9.59 Å². The average Bonchev–Trinajstić information content (AvgIpc) is 2.66. The van der Waals surface area contributed by atoms with E-state index in [1.54, 1.807) is 0 Å². The first-order valence-corrected chi connectivity index (χ1v) is 7.59. The summed E-state index contributed by atoms with van der Waals surface area (Å²) in [6.45, 7) is 3.32. The van der Waals surface area contributed by atoms with Gasteiger partial charge >= 0.3 is 0 Å². The summed E-state index contributed by atoms with van der Waals surface area (Å²) in [5.74, 6) is 0.0975. The number of likely N-dealkylation sites (N-methyl/N-ethyl adjacent to an activating group) is 1. The van der Waals surface area contributed by atoms with Gasteiger partial charge in [-0.3, -0.25) is 9.59 Å². The Morgan fingerprint density at radius 3 is 2.76 bits per heavy atom. The maximum Gasteiger partial charge on any atom is 0.242 e. The molecule has 0 unspecified atom stereocenters. The molecule has 2 rings (SSSR count). The van der Waals surface area contributed by atoms with Gasteiger partial charge in [0.05, 0.1) is 6.42 Å². The zero-order chi connectivity index (χ0) is 15.1. The molecule has 21 heavy (non-hydrogen) atoms. The smallest absolute Gasteiger partial charge is 0.242 e. The lowest BCUT2D eigenvalue weighted by Crippen LogP contribution is -2.37. The Balaban J connectivity index is 1.92. The SMILES string of the molecule is CCNC(=O)Cc1ccc(N[C@@H]2CCCCNC2=O)cc1. The molecule has 5 heteroatoms. The van der Waals surface area contributed by atoms with E-state index in [2.05, 4.69) is 16.0 Å². The van der Waals surface area contributed by atoms with Gasteiger partial charge in [0.1, 0.15) is 6.04 Å². The summed E-state index contributed by atoms with van der Waals surface area (Å²) in [6.07, 6.45) is 3.33. The summed E-state index contributed by atoms with van der Waals surface area (Å²) >= 11 is 0. The molecule has 1 saturated heterocycles. The third-order valence-electron chi connectivity index (χ3n) is 3.57. The van der Waals surface area contributed by atoms with Gasteiger partial charge in [-0.1, -0.05) is 12.1 Å². The molecule has 0 radical (unpaired) electrons. The molecule has 5 nitrogen and oxygen atoms in total. The molecule has 3 N–H and O–H groups in total. The quantitative estimate of drug-likeness (QED) is 0.768. The van der Waals surface area contributed by atoms with E-state index in [4.69, 9.17) is 0 Å². The number of amides is 2. The lowest BCUT2D eigenvalue weighted by atomic mass is 10.1. The van der Waals surface area contributed by atoms with Crippen LogP contribution in [0.1, 0.15) is 31.7 Å². The fourth-order valence-electron chi connectivity index (χ4n) is 2.44. The Hall–Kier alpha value is -2.04. The van der Waals surface area contributed by atoms with Gasteiger partial charge in [-0.05, 0) is 43.9 Å². The topological polar surface area (TPSA) is 70.2 Å². The zero-order valence-electron chi connectivity index (χ0n) is 12.4. The van der Waals surface area contributed by atoms with Crippen molar-refractivity contribution >= 4 is 17.5 Å². The van der Waals surface area contributed by atoms with E-state index in [0.717, 1.165) is 37.1 Å². The van der Waals surface area contributed by atoms with Gasteiger partial charge in [0.2, 0.25) is 11.8 Å². The maximum atomic E-state index is 11.9. The van der Waals surface area contributed by atoms with E-state index < -0.39 is 0 Å². The van der Waals surface area contributed by atoms with Crippen LogP contribution in [0.2, 0.25) is 0 Å². The molecule has 1 aromatic carbocycles. The van der Waals surface area contributed by atoms with Crippen molar-refractivity contribution in [2.75, 3.05) is 18.4 Å². The van der Waals surface area contributed by atoms with Crippen LogP contribution in [0.5, 0.6) is 0 Å². The second kappa shape index (κ2) is 7.67. The van der Waals surface area contributed by atoms with Gasteiger partial charge < -0.3 is 16.0 Å². The number of carbonyl (C=O) groups is 2. The molecule has 1 heterocycles. The molecule has 114 valence electrons. The van der Waals surface area contributed by atoms with Crippen LogP contribution in [0.25, 0.3) is 0 Å². The van der Waals surface area contributed by atoms with Gasteiger partial charge in [0.15, 0.2) is 0 Å². The first-order valence-electron chi connectivity index (χ1n) is 7.59. The van der Waals surface area contributed by atoms with Crippen LogP contribution in [0.15, 0.2) is 24.3 Å². The molecular formula is C16H23N3O2. The Labute approximate surface area is 125 Å². The van der Waals surface area contributed by atoms with Gasteiger partial charge in [-0.25, -0.2) is 0 Å². The molecule has 0 spiro atoms. The van der Waals surface area contributed by atoms with Crippen molar-refractivity contribution in [3.63, 3.8) is 0 Å². The normalized spacial score (nSPS) is 18.5. The number of hydrogen-bond acceptors (Lipinski definition) is 3. The summed E-state index contributed by atoms with van der Waals surface area (Å²) in [7, 11) is 0. The van der Waals surface area contributed by atoms with E-state index in [1.165, 1.54) is 0 Å².